The molecule has 1 aliphatic rings. The topological polar surface area (TPSA) is 34.1 Å². The van der Waals surface area contributed by atoms with Crippen LogP contribution in [0.3, 0.4) is 0 Å². The summed E-state index contributed by atoms with van der Waals surface area (Å²) in [6.07, 6.45) is 4.26. The highest BCUT2D eigenvalue weighted by atomic mass is 16.5. The minimum Gasteiger partial charge on any atom is -0.476 e. The van der Waals surface area contributed by atoms with E-state index >= 15 is 0 Å². The zero-order valence-corrected chi connectivity index (χ0v) is 8.49. The van der Waals surface area contributed by atoms with Crippen molar-refractivity contribution in [1.82, 2.24) is 10.3 Å². The van der Waals surface area contributed by atoms with Crippen LogP contribution < -0.4 is 10.1 Å². The highest BCUT2D eigenvalue weighted by molar-refractivity contribution is 5.18. The minimum atomic E-state index is 0.511. The Bertz CT molecular complexity index is 295. The van der Waals surface area contributed by atoms with Crippen molar-refractivity contribution in [3.05, 3.63) is 23.9 Å². The highest BCUT2D eigenvalue weighted by Crippen LogP contribution is 2.10. The van der Waals surface area contributed by atoms with Crippen molar-refractivity contribution in [3.8, 4) is 5.88 Å². The number of aryl methyl sites for hydroxylation is 1. The molecule has 1 N–H and O–H groups in total. The van der Waals surface area contributed by atoms with Crippen molar-refractivity contribution < 1.29 is 4.74 Å². The molecule has 1 atom stereocenters. The minimum absolute atomic E-state index is 0.511. The maximum absolute atomic E-state index is 5.60. The van der Waals surface area contributed by atoms with E-state index in [1.54, 1.807) is 6.20 Å². The predicted octanol–water partition coefficient (Wildman–Crippen LogP) is 1.52. The number of nitrogens with zero attached hydrogens (tertiary/aromatic N) is 1. The number of hydrogen-bond donors (Lipinski definition) is 1. The number of aromatic nitrogens is 1. The molecule has 14 heavy (non-hydrogen) atoms. The molecular weight excluding hydrogens is 176 g/mol. The maximum Gasteiger partial charge on any atom is 0.213 e. The van der Waals surface area contributed by atoms with E-state index in [0.29, 0.717) is 6.04 Å². The lowest BCUT2D eigenvalue weighted by Gasteiger charge is -2.11. The molecule has 3 nitrogen and oxygen atoms in total. The van der Waals surface area contributed by atoms with Crippen LogP contribution in [0.1, 0.15) is 18.4 Å². The van der Waals surface area contributed by atoms with E-state index in [-0.39, 0.29) is 0 Å². The molecule has 0 saturated carbocycles. The first-order valence-electron chi connectivity index (χ1n) is 5.13. The summed E-state index contributed by atoms with van der Waals surface area (Å²) < 4.78 is 5.60. The van der Waals surface area contributed by atoms with Crippen LogP contribution in [0.15, 0.2) is 18.3 Å². The van der Waals surface area contributed by atoms with Gasteiger partial charge in [-0.3, -0.25) is 0 Å². The third-order valence-electron chi connectivity index (χ3n) is 2.49. The Balaban J connectivity index is 1.85. The molecule has 0 aliphatic carbocycles. The number of ether oxygens (including phenoxy) is 1. The lowest BCUT2D eigenvalue weighted by atomic mass is 10.2. The molecule has 1 fully saturated rings. The Hall–Kier alpha value is -1.09. The Morgan fingerprint density at radius 3 is 3.29 bits per heavy atom. The van der Waals surface area contributed by atoms with E-state index in [9.17, 15) is 0 Å². The second-order valence-corrected chi connectivity index (χ2v) is 3.78. The molecule has 0 spiro atoms. The summed E-state index contributed by atoms with van der Waals surface area (Å²) in [5.41, 5.74) is 1.19. The molecule has 76 valence electrons. The van der Waals surface area contributed by atoms with Crippen LogP contribution in [-0.4, -0.2) is 24.2 Å². The SMILES string of the molecule is Cc1ccnc(OCC2CCCN2)c1. The van der Waals surface area contributed by atoms with E-state index in [2.05, 4.69) is 10.3 Å². The molecular formula is C11H16N2O. The average molecular weight is 192 g/mol. The molecule has 0 aromatic carbocycles. The second kappa shape index (κ2) is 4.42. The van der Waals surface area contributed by atoms with Crippen LogP contribution in [0, 0.1) is 6.92 Å². The maximum atomic E-state index is 5.60. The Morgan fingerprint density at radius 2 is 2.57 bits per heavy atom. The summed E-state index contributed by atoms with van der Waals surface area (Å²) in [5.74, 6) is 0.735. The van der Waals surface area contributed by atoms with Gasteiger partial charge in [-0.15, -0.1) is 0 Å². The standard InChI is InChI=1S/C11H16N2O/c1-9-4-6-13-11(7-9)14-8-10-3-2-5-12-10/h4,6-7,10,12H,2-3,5,8H2,1H3. The quantitative estimate of drug-likeness (QED) is 0.788. The second-order valence-electron chi connectivity index (χ2n) is 3.78. The Morgan fingerprint density at radius 1 is 1.64 bits per heavy atom. The van der Waals surface area contributed by atoms with Crippen molar-refractivity contribution >= 4 is 0 Å². The van der Waals surface area contributed by atoms with Gasteiger partial charge in [-0.1, -0.05) is 0 Å². The van der Waals surface area contributed by atoms with Gasteiger partial charge in [-0.25, -0.2) is 4.98 Å². The van der Waals surface area contributed by atoms with Crippen LogP contribution in [-0.2, 0) is 0 Å². The van der Waals surface area contributed by atoms with Gasteiger partial charge in [0.2, 0.25) is 5.88 Å². The van der Waals surface area contributed by atoms with Crippen LogP contribution in [0.4, 0.5) is 0 Å². The van der Waals surface area contributed by atoms with Crippen molar-refractivity contribution in [3.63, 3.8) is 0 Å². The first-order chi connectivity index (χ1) is 6.84. The molecule has 1 aliphatic heterocycles. The van der Waals surface area contributed by atoms with Gasteiger partial charge in [0.1, 0.15) is 6.61 Å². The molecule has 1 saturated heterocycles. The predicted molar refractivity (Wildman–Crippen MR) is 55.5 cm³/mol. The van der Waals surface area contributed by atoms with Crippen molar-refractivity contribution in [2.75, 3.05) is 13.2 Å². The Kier molecular flexibility index (Phi) is 2.99. The van der Waals surface area contributed by atoms with Crippen LogP contribution in [0.5, 0.6) is 5.88 Å². The first-order valence-corrected chi connectivity index (χ1v) is 5.13. The lowest BCUT2D eigenvalue weighted by Crippen LogP contribution is -2.28. The van der Waals surface area contributed by atoms with E-state index < -0.39 is 0 Å². The Labute approximate surface area is 84.5 Å². The fourth-order valence-electron chi connectivity index (χ4n) is 1.67. The van der Waals surface area contributed by atoms with Gasteiger partial charge >= 0.3 is 0 Å². The highest BCUT2D eigenvalue weighted by Gasteiger charge is 2.14. The molecule has 0 amide bonds. The van der Waals surface area contributed by atoms with E-state index in [4.69, 9.17) is 4.74 Å². The van der Waals surface area contributed by atoms with Gasteiger partial charge in [-0.2, -0.15) is 0 Å². The summed E-state index contributed by atoms with van der Waals surface area (Å²) in [5, 5.41) is 3.39. The number of hydrogen-bond acceptors (Lipinski definition) is 3. The number of rotatable bonds is 3. The molecule has 1 aromatic heterocycles. The van der Waals surface area contributed by atoms with Crippen LogP contribution in [0.2, 0.25) is 0 Å². The third kappa shape index (κ3) is 2.45. The van der Waals surface area contributed by atoms with Crippen LogP contribution >= 0.6 is 0 Å². The third-order valence-corrected chi connectivity index (χ3v) is 2.49. The fourth-order valence-corrected chi connectivity index (χ4v) is 1.67. The van der Waals surface area contributed by atoms with Crippen LogP contribution in [0.25, 0.3) is 0 Å². The molecule has 1 unspecified atom stereocenters. The van der Waals surface area contributed by atoms with E-state index in [1.165, 1.54) is 18.4 Å². The normalized spacial score (nSPS) is 21.1. The fraction of sp³-hybridized carbons (Fsp3) is 0.545. The summed E-state index contributed by atoms with van der Waals surface area (Å²) in [6, 6.07) is 4.45. The number of pyridine rings is 1. The molecule has 2 rings (SSSR count). The molecule has 3 heteroatoms. The molecule has 0 radical (unpaired) electrons. The van der Waals surface area contributed by atoms with E-state index in [1.807, 2.05) is 19.1 Å². The lowest BCUT2D eigenvalue weighted by molar-refractivity contribution is 0.267. The van der Waals surface area contributed by atoms with Gasteiger partial charge in [0.15, 0.2) is 0 Å². The molecule has 2 heterocycles. The average Bonchev–Trinajstić information content (AvgIpc) is 2.67. The zero-order chi connectivity index (χ0) is 9.80. The monoisotopic (exact) mass is 192 g/mol. The van der Waals surface area contributed by atoms with Crippen molar-refractivity contribution in [2.24, 2.45) is 0 Å². The largest absolute Gasteiger partial charge is 0.476 e. The smallest absolute Gasteiger partial charge is 0.213 e. The molecule has 1 aromatic rings. The van der Waals surface area contributed by atoms with Gasteiger partial charge in [0, 0.05) is 18.3 Å². The van der Waals surface area contributed by atoms with Gasteiger partial charge in [-0.05, 0) is 37.9 Å². The van der Waals surface area contributed by atoms with E-state index in [0.717, 1.165) is 19.0 Å². The summed E-state index contributed by atoms with van der Waals surface area (Å²) in [4.78, 5) is 4.15. The van der Waals surface area contributed by atoms with Crippen molar-refractivity contribution in [2.45, 2.75) is 25.8 Å². The molecule has 0 bridgehead atoms. The number of nitrogens with one attached hydrogen (secondary N) is 1. The van der Waals surface area contributed by atoms with Gasteiger partial charge < -0.3 is 10.1 Å². The first kappa shape index (κ1) is 9.46. The summed E-state index contributed by atoms with van der Waals surface area (Å²) in [6.45, 7) is 3.90. The zero-order valence-electron chi connectivity index (χ0n) is 8.49. The van der Waals surface area contributed by atoms with Crippen molar-refractivity contribution in [1.29, 1.82) is 0 Å². The van der Waals surface area contributed by atoms with Gasteiger partial charge in [0.25, 0.3) is 0 Å². The summed E-state index contributed by atoms with van der Waals surface area (Å²) in [7, 11) is 0. The van der Waals surface area contributed by atoms with Gasteiger partial charge in [0.05, 0.1) is 0 Å². The summed E-state index contributed by atoms with van der Waals surface area (Å²) >= 11 is 0.